The van der Waals surface area contributed by atoms with Gasteiger partial charge in [-0.15, -0.1) is 0 Å². The quantitative estimate of drug-likeness (QED) is 0.744. The SMILES string of the molecule is C[C@@H]1C[C@H](C)CN(CCCNC(=O)[C@@H](C)OCc2ccccc2)C1. The lowest BCUT2D eigenvalue weighted by Crippen LogP contribution is -2.41. The molecule has 4 nitrogen and oxygen atoms in total. The van der Waals surface area contributed by atoms with Crippen LogP contribution in [0.25, 0.3) is 0 Å². The summed E-state index contributed by atoms with van der Waals surface area (Å²) in [6.07, 6.45) is 1.92. The zero-order valence-corrected chi connectivity index (χ0v) is 15.3. The summed E-state index contributed by atoms with van der Waals surface area (Å²) in [4.78, 5) is 14.6. The third-order valence-corrected chi connectivity index (χ3v) is 4.61. The summed E-state index contributed by atoms with van der Waals surface area (Å²) in [6, 6.07) is 9.94. The van der Waals surface area contributed by atoms with Gasteiger partial charge in [0.25, 0.3) is 0 Å². The first-order valence-corrected chi connectivity index (χ1v) is 9.20. The number of ether oxygens (including phenoxy) is 1. The summed E-state index contributed by atoms with van der Waals surface area (Å²) in [5.74, 6) is 1.55. The Hall–Kier alpha value is -1.39. The molecule has 1 aromatic rings. The summed E-state index contributed by atoms with van der Waals surface area (Å²) < 4.78 is 5.64. The molecule has 0 spiro atoms. The van der Waals surface area contributed by atoms with Crippen LogP contribution in [0.3, 0.4) is 0 Å². The number of likely N-dealkylation sites (tertiary alicyclic amines) is 1. The van der Waals surface area contributed by atoms with Crippen LogP contribution >= 0.6 is 0 Å². The van der Waals surface area contributed by atoms with E-state index in [2.05, 4.69) is 24.1 Å². The lowest BCUT2D eigenvalue weighted by atomic mass is 9.92. The van der Waals surface area contributed by atoms with Crippen molar-refractivity contribution in [3.8, 4) is 0 Å². The molecule has 0 aliphatic carbocycles. The molecular weight excluding hydrogens is 300 g/mol. The van der Waals surface area contributed by atoms with Crippen LogP contribution in [0.1, 0.15) is 39.2 Å². The normalized spacial score (nSPS) is 23.0. The minimum Gasteiger partial charge on any atom is -0.364 e. The number of hydrogen-bond acceptors (Lipinski definition) is 3. The minimum absolute atomic E-state index is 0.0219. The fourth-order valence-corrected chi connectivity index (χ4v) is 3.50. The number of carbonyl (C=O) groups excluding carboxylic acids is 1. The molecule has 1 amide bonds. The highest BCUT2D eigenvalue weighted by Crippen LogP contribution is 2.20. The Balaban J connectivity index is 1.58. The number of hydrogen-bond donors (Lipinski definition) is 1. The van der Waals surface area contributed by atoms with Gasteiger partial charge in [-0.25, -0.2) is 0 Å². The molecule has 3 atom stereocenters. The maximum atomic E-state index is 12.1. The highest BCUT2D eigenvalue weighted by Gasteiger charge is 2.21. The Morgan fingerprint density at radius 2 is 1.92 bits per heavy atom. The Morgan fingerprint density at radius 3 is 2.58 bits per heavy atom. The van der Waals surface area contributed by atoms with Crippen LogP contribution in [0.15, 0.2) is 30.3 Å². The summed E-state index contributed by atoms with van der Waals surface area (Å²) in [6.45, 7) is 11.1. The molecular formula is C20H32N2O2. The van der Waals surface area contributed by atoms with E-state index in [-0.39, 0.29) is 5.91 Å². The van der Waals surface area contributed by atoms with Gasteiger partial charge < -0.3 is 15.0 Å². The van der Waals surface area contributed by atoms with Crippen LogP contribution < -0.4 is 5.32 Å². The Kier molecular flexibility index (Phi) is 7.73. The van der Waals surface area contributed by atoms with Gasteiger partial charge in [-0.3, -0.25) is 4.79 Å². The largest absolute Gasteiger partial charge is 0.364 e. The van der Waals surface area contributed by atoms with Crippen molar-refractivity contribution in [3.63, 3.8) is 0 Å². The molecule has 1 saturated heterocycles. The second-order valence-corrected chi connectivity index (χ2v) is 7.29. The number of nitrogens with one attached hydrogen (secondary N) is 1. The number of nitrogens with zero attached hydrogens (tertiary/aromatic N) is 1. The van der Waals surface area contributed by atoms with E-state index >= 15 is 0 Å². The molecule has 0 saturated carbocycles. The highest BCUT2D eigenvalue weighted by molar-refractivity contribution is 5.80. The van der Waals surface area contributed by atoms with E-state index in [1.165, 1.54) is 19.5 Å². The van der Waals surface area contributed by atoms with E-state index in [9.17, 15) is 4.79 Å². The zero-order valence-electron chi connectivity index (χ0n) is 15.3. The number of benzene rings is 1. The van der Waals surface area contributed by atoms with Gasteiger partial charge in [0.1, 0.15) is 6.10 Å². The van der Waals surface area contributed by atoms with Crippen molar-refractivity contribution in [2.75, 3.05) is 26.2 Å². The van der Waals surface area contributed by atoms with Crippen LogP contribution in [0, 0.1) is 11.8 Å². The molecule has 1 aliphatic heterocycles. The Labute approximate surface area is 146 Å². The first-order valence-electron chi connectivity index (χ1n) is 9.20. The maximum Gasteiger partial charge on any atom is 0.248 e. The van der Waals surface area contributed by atoms with Gasteiger partial charge in [0.2, 0.25) is 5.91 Å². The van der Waals surface area contributed by atoms with Gasteiger partial charge in [-0.2, -0.15) is 0 Å². The first kappa shape index (κ1) is 18.9. The van der Waals surface area contributed by atoms with Crippen LogP contribution in [-0.2, 0) is 16.1 Å². The topological polar surface area (TPSA) is 41.6 Å². The Morgan fingerprint density at radius 1 is 1.25 bits per heavy atom. The van der Waals surface area contributed by atoms with Crippen molar-refractivity contribution >= 4 is 5.91 Å². The van der Waals surface area contributed by atoms with Crippen LogP contribution in [0.4, 0.5) is 0 Å². The molecule has 0 aromatic heterocycles. The predicted octanol–water partition coefficient (Wildman–Crippen LogP) is 3.08. The van der Waals surface area contributed by atoms with E-state index in [1.54, 1.807) is 0 Å². The molecule has 2 rings (SSSR count). The maximum absolute atomic E-state index is 12.1. The van der Waals surface area contributed by atoms with Crippen LogP contribution in [0.5, 0.6) is 0 Å². The van der Waals surface area contributed by atoms with Crippen molar-refractivity contribution in [1.82, 2.24) is 10.2 Å². The van der Waals surface area contributed by atoms with E-state index in [4.69, 9.17) is 4.74 Å². The van der Waals surface area contributed by atoms with E-state index in [0.29, 0.717) is 6.61 Å². The third kappa shape index (κ3) is 6.62. The van der Waals surface area contributed by atoms with Crippen molar-refractivity contribution in [2.45, 2.75) is 46.3 Å². The minimum atomic E-state index is -0.416. The Bertz CT molecular complexity index is 482. The van der Waals surface area contributed by atoms with Crippen LogP contribution in [-0.4, -0.2) is 43.1 Å². The zero-order chi connectivity index (χ0) is 17.4. The molecule has 1 N–H and O–H groups in total. The number of piperidine rings is 1. The summed E-state index contributed by atoms with van der Waals surface area (Å²) in [5.41, 5.74) is 1.09. The van der Waals surface area contributed by atoms with Crippen molar-refractivity contribution in [2.24, 2.45) is 11.8 Å². The standard InChI is InChI=1S/C20H32N2O2/c1-16-12-17(2)14-22(13-16)11-7-10-21-20(23)18(3)24-15-19-8-5-4-6-9-19/h4-6,8-9,16-18H,7,10-15H2,1-3H3,(H,21,23)/t16-,17+,18-/m1/s1. The lowest BCUT2D eigenvalue weighted by molar-refractivity contribution is -0.132. The van der Waals surface area contributed by atoms with Gasteiger partial charge >= 0.3 is 0 Å². The van der Waals surface area contributed by atoms with Gasteiger partial charge in [0.05, 0.1) is 6.61 Å². The first-order chi connectivity index (χ1) is 11.5. The van der Waals surface area contributed by atoms with Crippen molar-refractivity contribution in [1.29, 1.82) is 0 Å². The predicted molar refractivity (Wildman–Crippen MR) is 97.7 cm³/mol. The molecule has 0 bridgehead atoms. The third-order valence-electron chi connectivity index (χ3n) is 4.61. The van der Waals surface area contributed by atoms with Gasteiger partial charge in [0.15, 0.2) is 0 Å². The van der Waals surface area contributed by atoms with Gasteiger partial charge in [-0.05, 0) is 43.7 Å². The summed E-state index contributed by atoms with van der Waals surface area (Å²) in [7, 11) is 0. The molecule has 24 heavy (non-hydrogen) atoms. The molecule has 134 valence electrons. The van der Waals surface area contributed by atoms with Crippen molar-refractivity contribution < 1.29 is 9.53 Å². The molecule has 4 heteroatoms. The smallest absolute Gasteiger partial charge is 0.248 e. The average molecular weight is 332 g/mol. The molecule has 1 aromatic carbocycles. The average Bonchev–Trinajstić information content (AvgIpc) is 2.56. The monoisotopic (exact) mass is 332 g/mol. The van der Waals surface area contributed by atoms with E-state index in [0.717, 1.165) is 36.9 Å². The summed E-state index contributed by atoms with van der Waals surface area (Å²) >= 11 is 0. The highest BCUT2D eigenvalue weighted by atomic mass is 16.5. The van der Waals surface area contributed by atoms with Gasteiger partial charge in [0, 0.05) is 19.6 Å². The molecule has 1 fully saturated rings. The number of rotatable bonds is 8. The molecule has 1 aliphatic rings. The molecule has 0 unspecified atom stereocenters. The second kappa shape index (κ2) is 9.80. The van der Waals surface area contributed by atoms with E-state index < -0.39 is 6.10 Å². The van der Waals surface area contributed by atoms with Crippen LogP contribution in [0.2, 0.25) is 0 Å². The lowest BCUT2D eigenvalue weighted by Gasteiger charge is -2.34. The van der Waals surface area contributed by atoms with Gasteiger partial charge in [-0.1, -0.05) is 44.2 Å². The molecule has 0 radical (unpaired) electrons. The number of carbonyl (C=O) groups is 1. The fourth-order valence-electron chi connectivity index (χ4n) is 3.50. The molecule has 1 heterocycles. The fraction of sp³-hybridized carbons (Fsp3) is 0.650. The van der Waals surface area contributed by atoms with E-state index in [1.807, 2.05) is 37.3 Å². The number of amides is 1. The second-order valence-electron chi connectivity index (χ2n) is 7.29. The summed E-state index contributed by atoms with van der Waals surface area (Å²) in [5, 5.41) is 2.99. The van der Waals surface area contributed by atoms with Crippen molar-refractivity contribution in [3.05, 3.63) is 35.9 Å².